The SMILES string of the molecule is Cc1ccccc1C1CC1C(=O)NCCNC(=O)Cc1ccccc1. The lowest BCUT2D eigenvalue weighted by atomic mass is 10.0. The number of hydrogen-bond donors (Lipinski definition) is 2. The van der Waals surface area contributed by atoms with Gasteiger partial charge in [-0.3, -0.25) is 9.59 Å². The third kappa shape index (κ3) is 4.69. The van der Waals surface area contributed by atoms with Crippen molar-refractivity contribution < 1.29 is 9.59 Å². The lowest BCUT2D eigenvalue weighted by molar-refractivity contribution is -0.123. The first-order chi connectivity index (χ1) is 12.1. The van der Waals surface area contributed by atoms with Crippen molar-refractivity contribution in [1.82, 2.24) is 10.6 Å². The van der Waals surface area contributed by atoms with Crippen LogP contribution < -0.4 is 10.6 Å². The highest BCUT2D eigenvalue weighted by atomic mass is 16.2. The number of benzene rings is 2. The highest BCUT2D eigenvalue weighted by Gasteiger charge is 2.44. The van der Waals surface area contributed by atoms with E-state index in [1.807, 2.05) is 42.5 Å². The minimum Gasteiger partial charge on any atom is -0.354 e. The molecule has 1 aliphatic rings. The number of carbonyl (C=O) groups is 2. The van der Waals surface area contributed by atoms with Crippen molar-refractivity contribution >= 4 is 11.8 Å². The first-order valence-corrected chi connectivity index (χ1v) is 8.79. The Morgan fingerprint density at radius 3 is 2.40 bits per heavy atom. The van der Waals surface area contributed by atoms with Gasteiger partial charge in [0, 0.05) is 19.0 Å². The maximum atomic E-state index is 12.2. The summed E-state index contributed by atoms with van der Waals surface area (Å²) in [5, 5.41) is 5.77. The Balaban J connectivity index is 1.35. The average Bonchev–Trinajstić information content (AvgIpc) is 3.40. The monoisotopic (exact) mass is 336 g/mol. The molecule has 2 aromatic carbocycles. The molecule has 0 bridgehead atoms. The summed E-state index contributed by atoms with van der Waals surface area (Å²) in [5.74, 6) is 0.477. The summed E-state index contributed by atoms with van der Waals surface area (Å²) in [4.78, 5) is 24.1. The van der Waals surface area contributed by atoms with Crippen molar-refractivity contribution in [2.45, 2.75) is 25.7 Å². The second-order valence-corrected chi connectivity index (χ2v) is 6.61. The summed E-state index contributed by atoms with van der Waals surface area (Å²) in [6, 6.07) is 17.9. The Hall–Kier alpha value is -2.62. The molecule has 0 heterocycles. The quantitative estimate of drug-likeness (QED) is 0.764. The van der Waals surface area contributed by atoms with E-state index in [1.54, 1.807) is 0 Å². The fourth-order valence-electron chi connectivity index (χ4n) is 3.19. The van der Waals surface area contributed by atoms with Crippen LogP contribution in [0.2, 0.25) is 0 Å². The molecule has 1 aliphatic carbocycles. The molecular weight excluding hydrogens is 312 g/mol. The lowest BCUT2D eigenvalue weighted by Crippen LogP contribution is -2.36. The van der Waals surface area contributed by atoms with Crippen LogP contribution in [-0.2, 0) is 16.0 Å². The Bertz CT molecular complexity index is 743. The van der Waals surface area contributed by atoms with Gasteiger partial charge in [-0.25, -0.2) is 0 Å². The molecule has 2 amide bonds. The van der Waals surface area contributed by atoms with Crippen molar-refractivity contribution in [1.29, 1.82) is 0 Å². The minimum atomic E-state index is -0.0235. The van der Waals surface area contributed by atoms with Crippen LogP contribution in [0.3, 0.4) is 0 Å². The van der Waals surface area contributed by atoms with E-state index in [9.17, 15) is 9.59 Å². The van der Waals surface area contributed by atoms with Crippen LogP contribution in [0.15, 0.2) is 54.6 Å². The topological polar surface area (TPSA) is 58.2 Å². The first-order valence-electron chi connectivity index (χ1n) is 8.79. The zero-order valence-corrected chi connectivity index (χ0v) is 14.5. The van der Waals surface area contributed by atoms with Gasteiger partial charge in [0.1, 0.15) is 0 Å². The minimum absolute atomic E-state index is 0.0235. The van der Waals surface area contributed by atoms with Crippen molar-refractivity contribution in [2.24, 2.45) is 5.92 Å². The number of rotatable bonds is 7. The molecule has 4 nitrogen and oxygen atoms in total. The van der Waals surface area contributed by atoms with Crippen LogP contribution in [0.1, 0.15) is 29.0 Å². The third-order valence-electron chi connectivity index (χ3n) is 4.67. The smallest absolute Gasteiger partial charge is 0.224 e. The van der Waals surface area contributed by atoms with Crippen molar-refractivity contribution in [2.75, 3.05) is 13.1 Å². The maximum Gasteiger partial charge on any atom is 0.224 e. The standard InChI is InChI=1S/C21H24N2O2/c1-15-7-5-6-10-17(15)18-14-19(18)21(25)23-12-11-22-20(24)13-16-8-3-2-4-9-16/h2-10,18-19H,11-14H2,1H3,(H,22,24)(H,23,25). The summed E-state index contributed by atoms with van der Waals surface area (Å²) in [6.45, 7) is 3.01. The summed E-state index contributed by atoms with van der Waals surface area (Å²) in [7, 11) is 0. The second-order valence-electron chi connectivity index (χ2n) is 6.61. The lowest BCUT2D eigenvalue weighted by Gasteiger charge is -2.08. The second kappa shape index (κ2) is 7.97. The number of nitrogens with one attached hydrogen (secondary N) is 2. The van der Waals surface area contributed by atoms with Gasteiger partial charge >= 0.3 is 0 Å². The number of carbonyl (C=O) groups excluding carboxylic acids is 2. The maximum absolute atomic E-state index is 12.2. The Morgan fingerprint density at radius 1 is 0.960 bits per heavy atom. The largest absolute Gasteiger partial charge is 0.354 e. The molecular formula is C21H24N2O2. The van der Waals surface area contributed by atoms with Gasteiger partial charge in [0.2, 0.25) is 11.8 Å². The molecule has 1 saturated carbocycles. The van der Waals surface area contributed by atoms with E-state index in [-0.39, 0.29) is 17.7 Å². The summed E-state index contributed by atoms with van der Waals surface area (Å²) < 4.78 is 0. The van der Waals surface area contributed by atoms with Gasteiger partial charge in [-0.2, -0.15) is 0 Å². The fourth-order valence-corrected chi connectivity index (χ4v) is 3.19. The van der Waals surface area contributed by atoms with Crippen LogP contribution in [0.5, 0.6) is 0 Å². The van der Waals surface area contributed by atoms with Gasteiger partial charge in [0.25, 0.3) is 0 Å². The van der Waals surface area contributed by atoms with Gasteiger partial charge in [0.05, 0.1) is 6.42 Å². The van der Waals surface area contributed by atoms with E-state index in [0.29, 0.717) is 25.4 Å². The van der Waals surface area contributed by atoms with Gasteiger partial charge in [-0.05, 0) is 36.0 Å². The third-order valence-corrected chi connectivity index (χ3v) is 4.67. The Morgan fingerprint density at radius 2 is 1.64 bits per heavy atom. The summed E-state index contributed by atoms with van der Waals surface area (Å²) >= 11 is 0. The fraction of sp³-hybridized carbons (Fsp3) is 0.333. The molecule has 2 aromatic rings. The Kier molecular flexibility index (Phi) is 5.49. The molecule has 25 heavy (non-hydrogen) atoms. The van der Waals surface area contributed by atoms with Gasteiger partial charge < -0.3 is 10.6 Å². The molecule has 0 radical (unpaired) electrons. The van der Waals surface area contributed by atoms with Gasteiger partial charge in [-0.15, -0.1) is 0 Å². The molecule has 0 saturated heterocycles. The molecule has 4 heteroatoms. The Labute approximate surface area is 148 Å². The highest BCUT2D eigenvalue weighted by Crippen LogP contribution is 2.48. The van der Waals surface area contributed by atoms with E-state index in [1.165, 1.54) is 11.1 Å². The predicted octanol–water partition coefficient (Wildman–Crippen LogP) is 2.57. The first kappa shape index (κ1) is 17.2. The summed E-state index contributed by atoms with van der Waals surface area (Å²) in [6.07, 6.45) is 1.28. The van der Waals surface area contributed by atoms with Crippen molar-refractivity contribution in [3.05, 3.63) is 71.3 Å². The molecule has 2 N–H and O–H groups in total. The molecule has 0 spiro atoms. The van der Waals surface area contributed by atoms with Crippen LogP contribution in [-0.4, -0.2) is 24.9 Å². The molecule has 3 rings (SSSR count). The normalized spacial score (nSPS) is 18.4. The van der Waals surface area contributed by atoms with Gasteiger partial charge in [0.15, 0.2) is 0 Å². The number of amides is 2. The van der Waals surface area contributed by atoms with Gasteiger partial charge in [-0.1, -0.05) is 54.6 Å². The van der Waals surface area contributed by atoms with Crippen molar-refractivity contribution in [3.63, 3.8) is 0 Å². The van der Waals surface area contributed by atoms with Crippen molar-refractivity contribution in [3.8, 4) is 0 Å². The van der Waals surface area contributed by atoms with E-state index in [2.05, 4.69) is 29.7 Å². The van der Waals surface area contributed by atoms with Crippen LogP contribution >= 0.6 is 0 Å². The van der Waals surface area contributed by atoms with E-state index < -0.39 is 0 Å². The molecule has 1 fully saturated rings. The average molecular weight is 336 g/mol. The molecule has 0 aromatic heterocycles. The molecule has 2 unspecified atom stereocenters. The van der Waals surface area contributed by atoms with Crippen LogP contribution in [0.4, 0.5) is 0 Å². The number of aryl methyl sites for hydroxylation is 1. The van der Waals surface area contributed by atoms with Crippen LogP contribution in [0.25, 0.3) is 0 Å². The summed E-state index contributed by atoms with van der Waals surface area (Å²) in [5.41, 5.74) is 3.51. The highest BCUT2D eigenvalue weighted by molar-refractivity contribution is 5.83. The molecule has 2 atom stereocenters. The zero-order chi connectivity index (χ0) is 17.6. The van der Waals surface area contributed by atoms with E-state index >= 15 is 0 Å². The zero-order valence-electron chi connectivity index (χ0n) is 14.5. The van der Waals surface area contributed by atoms with E-state index in [4.69, 9.17) is 0 Å². The molecule has 130 valence electrons. The van der Waals surface area contributed by atoms with Crippen LogP contribution in [0, 0.1) is 12.8 Å². The predicted molar refractivity (Wildman–Crippen MR) is 98.2 cm³/mol. The number of hydrogen-bond acceptors (Lipinski definition) is 2. The molecule has 0 aliphatic heterocycles. The van der Waals surface area contributed by atoms with E-state index in [0.717, 1.165) is 12.0 Å².